The first-order valence-electron chi connectivity index (χ1n) is 6.87. The van der Waals surface area contributed by atoms with E-state index in [0.717, 1.165) is 5.56 Å². The van der Waals surface area contributed by atoms with Gasteiger partial charge in [0.2, 0.25) is 5.91 Å². The van der Waals surface area contributed by atoms with Crippen LogP contribution in [0.25, 0.3) is 0 Å². The Bertz CT molecular complexity index is 453. The van der Waals surface area contributed by atoms with Crippen LogP contribution in [-0.4, -0.2) is 11.9 Å². The number of carbonyl (C=O) groups is 1. The Hall–Kier alpha value is -1.61. The van der Waals surface area contributed by atoms with Crippen LogP contribution in [0.2, 0.25) is 0 Å². The molecule has 19 heavy (non-hydrogen) atoms. The Balaban J connectivity index is 2.06. The molecule has 3 N–H and O–H groups in total. The molecule has 0 bridgehead atoms. The zero-order valence-electron chi connectivity index (χ0n) is 11.5. The first-order chi connectivity index (χ1) is 9.08. The summed E-state index contributed by atoms with van der Waals surface area (Å²) in [4.78, 5) is 12.3. The fourth-order valence-corrected chi connectivity index (χ4v) is 2.48. The van der Waals surface area contributed by atoms with Gasteiger partial charge in [0.15, 0.2) is 0 Å². The molecule has 1 aliphatic carbocycles. The van der Waals surface area contributed by atoms with Gasteiger partial charge in [-0.05, 0) is 17.9 Å². The van der Waals surface area contributed by atoms with Crippen LogP contribution in [-0.2, 0) is 4.79 Å². The minimum atomic E-state index is -0.0834. The van der Waals surface area contributed by atoms with E-state index in [2.05, 4.69) is 31.3 Å². The first kappa shape index (κ1) is 13.8. The van der Waals surface area contributed by atoms with Crippen molar-refractivity contribution in [1.82, 2.24) is 5.32 Å². The van der Waals surface area contributed by atoms with E-state index in [0.29, 0.717) is 12.3 Å². The summed E-state index contributed by atoms with van der Waals surface area (Å²) in [6.45, 7) is 4.24. The molecule has 3 nitrogen and oxygen atoms in total. The Labute approximate surface area is 114 Å². The van der Waals surface area contributed by atoms with Gasteiger partial charge < -0.3 is 11.1 Å². The summed E-state index contributed by atoms with van der Waals surface area (Å²) in [6, 6.07) is 10.2. The zero-order valence-corrected chi connectivity index (χ0v) is 11.5. The number of hydrogen-bond donors (Lipinski definition) is 2. The average molecular weight is 258 g/mol. The standard InChI is InChI=1S/C16H22N2O/c1-11(2)15(12-6-4-3-5-7-12)18-16(19)13-8-9-14(17)10-13/h3-9,11,13-15H,10,17H2,1-2H3,(H,18,19). The van der Waals surface area contributed by atoms with E-state index in [1.54, 1.807) is 0 Å². The van der Waals surface area contributed by atoms with Crippen LogP contribution in [0.15, 0.2) is 42.5 Å². The van der Waals surface area contributed by atoms with Crippen molar-refractivity contribution in [3.63, 3.8) is 0 Å². The molecule has 0 heterocycles. The third-order valence-electron chi connectivity index (χ3n) is 3.58. The van der Waals surface area contributed by atoms with Crippen molar-refractivity contribution in [3.05, 3.63) is 48.0 Å². The van der Waals surface area contributed by atoms with Crippen LogP contribution in [0.1, 0.15) is 31.9 Å². The molecule has 2 rings (SSSR count). The molecule has 1 aliphatic rings. The van der Waals surface area contributed by atoms with Crippen molar-refractivity contribution in [2.75, 3.05) is 0 Å². The van der Waals surface area contributed by atoms with Gasteiger partial charge in [-0.15, -0.1) is 0 Å². The number of amides is 1. The lowest BCUT2D eigenvalue weighted by Crippen LogP contribution is -2.36. The van der Waals surface area contributed by atoms with Gasteiger partial charge in [0.05, 0.1) is 12.0 Å². The second kappa shape index (κ2) is 6.02. The maximum absolute atomic E-state index is 12.3. The monoisotopic (exact) mass is 258 g/mol. The molecule has 0 radical (unpaired) electrons. The Morgan fingerprint density at radius 1 is 1.26 bits per heavy atom. The third-order valence-corrected chi connectivity index (χ3v) is 3.58. The van der Waals surface area contributed by atoms with Crippen molar-refractivity contribution in [2.45, 2.75) is 32.4 Å². The van der Waals surface area contributed by atoms with Gasteiger partial charge in [-0.2, -0.15) is 0 Å². The number of hydrogen-bond acceptors (Lipinski definition) is 2. The third kappa shape index (κ3) is 3.44. The van der Waals surface area contributed by atoms with Gasteiger partial charge in [0, 0.05) is 6.04 Å². The second-order valence-electron chi connectivity index (χ2n) is 5.53. The minimum absolute atomic E-state index is 0.0185. The molecule has 3 unspecified atom stereocenters. The van der Waals surface area contributed by atoms with Gasteiger partial charge in [-0.1, -0.05) is 56.3 Å². The van der Waals surface area contributed by atoms with Crippen LogP contribution < -0.4 is 11.1 Å². The molecule has 0 spiro atoms. The second-order valence-corrected chi connectivity index (χ2v) is 5.53. The number of rotatable bonds is 4. The number of benzene rings is 1. The van der Waals surface area contributed by atoms with E-state index in [9.17, 15) is 4.79 Å². The van der Waals surface area contributed by atoms with Crippen molar-refractivity contribution in [3.8, 4) is 0 Å². The van der Waals surface area contributed by atoms with Crippen LogP contribution >= 0.6 is 0 Å². The summed E-state index contributed by atoms with van der Waals surface area (Å²) in [7, 11) is 0. The molecule has 1 aromatic carbocycles. The molecule has 3 heteroatoms. The summed E-state index contributed by atoms with van der Waals surface area (Å²) < 4.78 is 0. The van der Waals surface area contributed by atoms with Crippen molar-refractivity contribution in [1.29, 1.82) is 0 Å². The fraction of sp³-hybridized carbons (Fsp3) is 0.438. The molecule has 0 aromatic heterocycles. The topological polar surface area (TPSA) is 55.1 Å². The summed E-state index contributed by atoms with van der Waals surface area (Å²) in [5.41, 5.74) is 6.95. The summed E-state index contributed by atoms with van der Waals surface area (Å²) >= 11 is 0. The zero-order chi connectivity index (χ0) is 13.8. The quantitative estimate of drug-likeness (QED) is 0.815. The molecule has 0 saturated carbocycles. The van der Waals surface area contributed by atoms with Gasteiger partial charge in [-0.25, -0.2) is 0 Å². The SMILES string of the molecule is CC(C)C(NC(=O)C1C=CC(N)C1)c1ccccc1. The van der Waals surface area contributed by atoms with E-state index in [1.165, 1.54) is 0 Å². The maximum atomic E-state index is 12.3. The molecule has 1 amide bonds. The summed E-state index contributed by atoms with van der Waals surface area (Å²) in [6.07, 6.45) is 4.55. The lowest BCUT2D eigenvalue weighted by Gasteiger charge is -2.24. The minimum Gasteiger partial charge on any atom is -0.349 e. The number of nitrogens with two attached hydrogens (primary N) is 1. The maximum Gasteiger partial charge on any atom is 0.227 e. The molecular formula is C16H22N2O. The van der Waals surface area contributed by atoms with E-state index < -0.39 is 0 Å². The van der Waals surface area contributed by atoms with Crippen LogP contribution in [0.4, 0.5) is 0 Å². The molecule has 0 fully saturated rings. The normalized spacial score (nSPS) is 23.6. The highest BCUT2D eigenvalue weighted by atomic mass is 16.1. The number of carbonyl (C=O) groups excluding carboxylic acids is 1. The average Bonchev–Trinajstić information content (AvgIpc) is 2.83. The van der Waals surface area contributed by atoms with Crippen LogP contribution in [0.3, 0.4) is 0 Å². The highest BCUT2D eigenvalue weighted by Gasteiger charge is 2.26. The van der Waals surface area contributed by atoms with Crippen molar-refractivity contribution >= 4 is 5.91 Å². The molecule has 102 valence electrons. The first-order valence-corrected chi connectivity index (χ1v) is 6.87. The summed E-state index contributed by atoms with van der Waals surface area (Å²) in [5, 5.41) is 3.15. The molecule has 0 aliphatic heterocycles. The molecule has 0 saturated heterocycles. The molecular weight excluding hydrogens is 236 g/mol. The Morgan fingerprint density at radius 2 is 1.95 bits per heavy atom. The number of nitrogens with one attached hydrogen (secondary N) is 1. The highest BCUT2D eigenvalue weighted by molar-refractivity contribution is 5.81. The van der Waals surface area contributed by atoms with E-state index >= 15 is 0 Å². The fourth-order valence-electron chi connectivity index (χ4n) is 2.48. The Kier molecular flexibility index (Phi) is 4.38. The van der Waals surface area contributed by atoms with Gasteiger partial charge in [0.1, 0.15) is 0 Å². The van der Waals surface area contributed by atoms with Crippen LogP contribution in [0, 0.1) is 11.8 Å². The van der Waals surface area contributed by atoms with Crippen molar-refractivity contribution in [2.24, 2.45) is 17.6 Å². The van der Waals surface area contributed by atoms with Gasteiger partial charge >= 0.3 is 0 Å². The van der Waals surface area contributed by atoms with E-state index in [-0.39, 0.29) is 23.9 Å². The van der Waals surface area contributed by atoms with Gasteiger partial charge in [0.25, 0.3) is 0 Å². The Morgan fingerprint density at radius 3 is 2.47 bits per heavy atom. The van der Waals surface area contributed by atoms with Crippen molar-refractivity contribution < 1.29 is 4.79 Å². The van der Waals surface area contributed by atoms with E-state index in [4.69, 9.17) is 5.73 Å². The lowest BCUT2D eigenvalue weighted by atomic mass is 9.95. The summed E-state index contributed by atoms with van der Waals surface area (Å²) in [5.74, 6) is 0.345. The predicted molar refractivity (Wildman–Crippen MR) is 77.4 cm³/mol. The predicted octanol–water partition coefficient (Wildman–Crippen LogP) is 2.40. The molecule has 3 atom stereocenters. The van der Waals surface area contributed by atoms with Crippen LogP contribution in [0.5, 0.6) is 0 Å². The largest absolute Gasteiger partial charge is 0.349 e. The van der Waals surface area contributed by atoms with Gasteiger partial charge in [-0.3, -0.25) is 4.79 Å². The highest BCUT2D eigenvalue weighted by Crippen LogP contribution is 2.24. The lowest BCUT2D eigenvalue weighted by molar-refractivity contribution is -0.124. The van der Waals surface area contributed by atoms with E-state index in [1.807, 2.05) is 30.4 Å². The molecule has 1 aromatic rings. The smallest absolute Gasteiger partial charge is 0.227 e.